The van der Waals surface area contributed by atoms with Crippen molar-refractivity contribution in [3.8, 4) is 0 Å². The summed E-state index contributed by atoms with van der Waals surface area (Å²) in [5.41, 5.74) is -0.0780. The molecule has 4 rings (SSSR count). The van der Waals surface area contributed by atoms with E-state index in [2.05, 4.69) is 15.1 Å². The van der Waals surface area contributed by atoms with Gasteiger partial charge in [0.15, 0.2) is 0 Å². The van der Waals surface area contributed by atoms with E-state index in [0.717, 1.165) is 44.8 Å². The predicted octanol–water partition coefficient (Wildman–Crippen LogP) is 2.98. The molecular weight excluding hydrogens is 370 g/mol. The summed E-state index contributed by atoms with van der Waals surface area (Å²) in [6.07, 6.45) is 14.0. The van der Waals surface area contributed by atoms with E-state index in [4.69, 9.17) is 12.6 Å². The van der Waals surface area contributed by atoms with Gasteiger partial charge in [-0.3, -0.25) is 15.1 Å². The molecule has 2 heterocycles. The quantitative estimate of drug-likeness (QED) is 0.524. The van der Waals surface area contributed by atoms with E-state index in [9.17, 15) is 10.2 Å². The number of nitrogens with zero attached hydrogens (tertiary/aromatic N) is 2. The van der Waals surface area contributed by atoms with Gasteiger partial charge in [-0.05, 0) is 50.4 Å². The highest BCUT2D eigenvalue weighted by molar-refractivity contribution is 7.80. The van der Waals surface area contributed by atoms with Gasteiger partial charge in [-0.2, -0.15) is 0 Å². The number of hydrogen-bond acceptors (Lipinski definition) is 6. The zero-order chi connectivity index (χ0) is 19.5. The van der Waals surface area contributed by atoms with Gasteiger partial charge < -0.3 is 10.2 Å². The Morgan fingerprint density at radius 3 is 2.43 bits per heavy atom. The van der Waals surface area contributed by atoms with Gasteiger partial charge >= 0.3 is 0 Å². The molecule has 2 aliphatic heterocycles. The second-order valence-electron chi connectivity index (χ2n) is 9.84. The second kappa shape index (κ2) is 9.97. The topological polar surface area (TPSA) is 59.0 Å². The molecule has 0 bridgehead atoms. The average molecular weight is 412 g/mol. The highest BCUT2D eigenvalue weighted by atomic mass is 32.1. The van der Waals surface area contributed by atoms with Crippen LogP contribution in [0.25, 0.3) is 0 Å². The van der Waals surface area contributed by atoms with E-state index in [1.807, 2.05) is 0 Å². The first-order chi connectivity index (χ1) is 13.6. The van der Waals surface area contributed by atoms with Crippen LogP contribution in [0.15, 0.2) is 0 Å². The lowest BCUT2D eigenvalue weighted by molar-refractivity contribution is -0.129. The van der Waals surface area contributed by atoms with Crippen LogP contribution in [0, 0.1) is 17.8 Å². The molecule has 0 spiro atoms. The summed E-state index contributed by atoms with van der Waals surface area (Å²) in [6.45, 7) is 3.01. The standard InChI is InChI=1S/C22H41N3O2S/c26-20(24-12-5-2-6-13-24)17-9-10-18-19(15-17)23-22(28)25(21(18)27)14-11-16-7-3-1-4-8-16/h16-23,26-28H,1-15H2. The average Bonchev–Trinajstić information content (AvgIpc) is 2.74. The smallest absolute Gasteiger partial charge is 0.113 e. The van der Waals surface area contributed by atoms with Crippen LogP contribution in [0.3, 0.4) is 0 Å². The van der Waals surface area contributed by atoms with Gasteiger partial charge in [0.1, 0.15) is 18.0 Å². The molecule has 2 saturated heterocycles. The highest BCUT2D eigenvalue weighted by Gasteiger charge is 2.45. The largest absolute Gasteiger partial charge is 0.378 e. The lowest BCUT2D eigenvalue weighted by Gasteiger charge is -2.51. The fourth-order valence-corrected chi connectivity index (χ4v) is 6.71. The molecule has 3 N–H and O–H groups in total. The van der Waals surface area contributed by atoms with Gasteiger partial charge in [0.2, 0.25) is 0 Å². The molecule has 6 unspecified atom stereocenters. The third-order valence-corrected chi connectivity index (χ3v) is 8.50. The van der Waals surface area contributed by atoms with Crippen LogP contribution in [-0.4, -0.2) is 63.6 Å². The summed E-state index contributed by atoms with van der Waals surface area (Å²) in [6, 6.07) is 0.265. The number of thiol groups is 1. The van der Waals surface area contributed by atoms with Crippen LogP contribution in [0.2, 0.25) is 0 Å². The van der Waals surface area contributed by atoms with Crippen molar-refractivity contribution in [2.24, 2.45) is 17.8 Å². The molecule has 4 fully saturated rings. The number of piperidine rings is 1. The third kappa shape index (κ3) is 4.89. The third-order valence-electron chi connectivity index (χ3n) is 8.05. The first kappa shape index (κ1) is 21.4. The van der Waals surface area contributed by atoms with Crippen molar-refractivity contribution in [3.05, 3.63) is 0 Å². The van der Waals surface area contributed by atoms with Gasteiger partial charge in [0.25, 0.3) is 0 Å². The van der Waals surface area contributed by atoms with Crippen LogP contribution in [-0.2, 0) is 0 Å². The minimum atomic E-state index is -0.398. The van der Waals surface area contributed by atoms with E-state index >= 15 is 0 Å². The summed E-state index contributed by atoms with van der Waals surface area (Å²) >= 11 is 4.80. The summed E-state index contributed by atoms with van der Waals surface area (Å²) in [5, 5.41) is 25.7. The van der Waals surface area contributed by atoms with Crippen molar-refractivity contribution in [1.82, 2.24) is 15.1 Å². The Kier molecular flexibility index (Phi) is 7.62. The minimum Gasteiger partial charge on any atom is -0.378 e. The molecule has 6 atom stereocenters. The molecule has 0 aromatic rings. The molecule has 5 nitrogen and oxygen atoms in total. The second-order valence-corrected chi connectivity index (χ2v) is 10.3. The van der Waals surface area contributed by atoms with E-state index < -0.39 is 6.23 Å². The first-order valence-corrected chi connectivity index (χ1v) is 12.4. The Morgan fingerprint density at radius 2 is 1.68 bits per heavy atom. The molecule has 4 aliphatic rings. The van der Waals surface area contributed by atoms with E-state index in [0.29, 0.717) is 5.92 Å². The van der Waals surface area contributed by atoms with Gasteiger partial charge in [-0.1, -0.05) is 38.5 Å². The molecule has 0 amide bonds. The zero-order valence-corrected chi connectivity index (χ0v) is 18.3. The highest BCUT2D eigenvalue weighted by Crippen LogP contribution is 2.39. The molecule has 0 aromatic carbocycles. The molecule has 0 radical (unpaired) electrons. The van der Waals surface area contributed by atoms with Gasteiger partial charge in [0.05, 0.1) is 0 Å². The number of fused-ring (bicyclic) bond motifs is 1. The van der Waals surface area contributed by atoms with Crippen molar-refractivity contribution >= 4 is 12.6 Å². The number of hydrogen-bond donors (Lipinski definition) is 4. The maximum Gasteiger partial charge on any atom is 0.113 e. The molecule has 2 saturated carbocycles. The monoisotopic (exact) mass is 411 g/mol. The Labute approximate surface area is 176 Å². The molecular formula is C22H41N3O2S. The molecule has 162 valence electrons. The van der Waals surface area contributed by atoms with Crippen molar-refractivity contribution in [2.45, 2.75) is 101 Å². The summed E-state index contributed by atoms with van der Waals surface area (Å²) in [5.74, 6) is 1.41. The van der Waals surface area contributed by atoms with E-state index in [1.54, 1.807) is 0 Å². The summed E-state index contributed by atoms with van der Waals surface area (Å²) in [4.78, 5) is 4.46. The Bertz CT molecular complexity index is 484. The van der Waals surface area contributed by atoms with Crippen LogP contribution < -0.4 is 5.32 Å². The van der Waals surface area contributed by atoms with Gasteiger partial charge in [0, 0.05) is 31.6 Å². The fraction of sp³-hybridized carbons (Fsp3) is 1.00. The first-order valence-electron chi connectivity index (χ1n) is 11.9. The number of aliphatic hydroxyl groups is 2. The van der Waals surface area contributed by atoms with E-state index in [1.165, 1.54) is 57.8 Å². The van der Waals surface area contributed by atoms with Crippen molar-refractivity contribution in [1.29, 1.82) is 0 Å². The van der Waals surface area contributed by atoms with Crippen molar-refractivity contribution in [3.63, 3.8) is 0 Å². The number of aliphatic hydroxyl groups excluding tert-OH is 2. The molecule has 6 heteroatoms. The normalized spacial score (nSPS) is 40.2. The Hall–Kier alpha value is 0.150. The van der Waals surface area contributed by atoms with Crippen LogP contribution in [0.1, 0.15) is 77.0 Å². The van der Waals surface area contributed by atoms with Crippen LogP contribution in [0.5, 0.6) is 0 Å². The van der Waals surface area contributed by atoms with Crippen molar-refractivity contribution in [2.75, 3.05) is 19.6 Å². The van der Waals surface area contributed by atoms with Gasteiger partial charge in [-0.15, -0.1) is 12.6 Å². The molecule has 28 heavy (non-hydrogen) atoms. The van der Waals surface area contributed by atoms with Gasteiger partial charge in [-0.25, -0.2) is 0 Å². The summed E-state index contributed by atoms with van der Waals surface area (Å²) < 4.78 is 0. The lowest BCUT2D eigenvalue weighted by Crippen LogP contribution is -2.65. The lowest BCUT2D eigenvalue weighted by atomic mass is 9.75. The number of likely N-dealkylation sites (tertiary alicyclic amines) is 1. The maximum atomic E-state index is 11.1. The fourth-order valence-electron chi connectivity index (χ4n) is 6.27. The predicted molar refractivity (Wildman–Crippen MR) is 116 cm³/mol. The SMILES string of the molecule is OC(C1CCC2C(C1)NC(S)N(CCC1CCCCC1)C2O)N1CCCCC1. The van der Waals surface area contributed by atoms with Crippen molar-refractivity contribution < 1.29 is 10.2 Å². The number of nitrogens with one attached hydrogen (secondary N) is 1. The number of rotatable bonds is 5. The maximum absolute atomic E-state index is 11.1. The molecule has 0 aromatic heterocycles. The van der Waals surface area contributed by atoms with Crippen LogP contribution >= 0.6 is 12.6 Å². The Balaban J connectivity index is 1.30. The van der Waals surface area contributed by atoms with E-state index in [-0.39, 0.29) is 23.7 Å². The Morgan fingerprint density at radius 1 is 0.964 bits per heavy atom. The minimum absolute atomic E-state index is 0.0780. The zero-order valence-electron chi connectivity index (χ0n) is 17.4. The molecule has 2 aliphatic carbocycles. The van der Waals surface area contributed by atoms with Crippen LogP contribution in [0.4, 0.5) is 0 Å². The summed E-state index contributed by atoms with van der Waals surface area (Å²) in [7, 11) is 0.